The van der Waals surface area contributed by atoms with Crippen molar-refractivity contribution in [3.63, 3.8) is 0 Å². The van der Waals surface area contributed by atoms with Crippen LogP contribution >= 0.6 is 0 Å². The number of hydrogen-bond donors (Lipinski definition) is 1. The van der Waals surface area contributed by atoms with Gasteiger partial charge in [-0.3, -0.25) is 14.5 Å². The number of aliphatic carboxylic acids is 1. The molecule has 1 saturated heterocycles. The highest BCUT2D eigenvalue weighted by Crippen LogP contribution is 2.24. The van der Waals surface area contributed by atoms with Gasteiger partial charge in [-0.25, -0.2) is 0 Å². The van der Waals surface area contributed by atoms with Gasteiger partial charge in [0.2, 0.25) is 5.91 Å². The van der Waals surface area contributed by atoms with Gasteiger partial charge in [0.25, 0.3) is 0 Å². The third kappa shape index (κ3) is 4.76. The number of carbonyl (C=O) groups is 2. The molecule has 1 amide bonds. The van der Waals surface area contributed by atoms with Gasteiger partial charge < -0.3 is 14.7 Å². The highest BCUT2D eigenvalue weighted by Gasteiger charge is 2.33. The molecule has 1 atom stereocenters. The van der Waals surface area contributed by atoms with Gasteiger partial charge in [-0.1, -0.05) is 20.8 Å². The first-order valence-corrected chi connectivity index (χ1v) is 7.07. The van der Waals surface area contributed by atoms with Crippen LogP contribution in [0.5, 0.6) is 0 Å². The van der Waals surface area contributed by atoms with E-state index < -0.39 is 5.97 Å². The Kier molecular flexibility index (Phi) is 5.95. The lowest BCUT2D eigenvalue weighted by molar-refractivity contribution is -0.149. The van der Waals surface area contributed by atoms with Gasteiger partial charge in [-0.05, 0) is 13.5 Å². The summed E-state index contributed by atoms with van der Waals surface area (Å²) in [4.78, 5) is 26.6. The van der Waals surface area contributed by atoms with Crippen LogP contribution in [0, 0.1) is 5.41 Å². The molecule has 1 aliphatic heterocycles. The molecule has 0 bridgehead atoms. The second kappa shape index (κ2) is 7.04. The Morgan fingerprint density at radius 1 is 1.45 bits per heavy atom. The SMILES string of the molecule is CCC(C)(C)C(=O)N1CCOC(CN(C)CC(=O)O)C1. The van der Waals surface area contributed by atoms with Gasteiger partial charge in [-0.2, -0.15) is 0 Å². The monoisotopic (exact) mass is 286 g/mol. The molecule has 6 heteroatoms. The summed E-state index contributed by atoms with van der Waals surface area (Å²) in [5.41, 5.74) is -0.352. The minimum absolute atomic E-state index is 0.0196. The molecule has 6 nitrogen and oxygen atoms in total. The molecule has 1 fully saturated rings. The third-order valence-corrected chi connectivity index (χ3v) is 3.81. The van der Waals surface area contributed by atoms with Crippen molar-refractivity contribution in [1.29, 1.82) is 0 Å². The number of likely N-dealkylation sites (N-methyl/N-ethyl adjacent to an activating group) is 1. The molecular weight excluding hydrogens is 260 g/mol. The summed E-state index contributed by atoms with van der Waals surface area (Å²) < 4.78 is 5.63. The van der Waals surface area contributed by atoms with Crippen LogP contribution in [0.15, 0.2) is 0 Å². The van der Waals surface area contributed by atoms with Crippen LogP contribution in [-0.4, -0.2) is 72.7 Å². The van der Waals surface area contributed by atoms with Crippen LogP contribution < -0.4 is 0 Å². The van der Waals surface area contributed by atoms with E-state index in [1.807, 2.05) is 25.7 Å². The van der Waals surface area contributed by atoms with E-state index in [1.54, 1.807) is 11.9 Å². The Morgan fingerprint density at radius 3 is 2.65 bits per heavy atom. The Morgan fingerprint density at radius 2 is 2.10 bits per heavy atom. The maximum atomic E-state index is 12.4. The first kappa shape index (κ1) is 16.9. The highest BCUT2D eigenvalue weighted by molar-refractivity contribution is 5.82. The third-order valence-electron chi connectivity index (χ3n) is 3.81. The minimum Gasteiger partial charge on any atom is -0.480 e. The lowest BCUT2D eigenvalue weighted by Crippen LogP contribution is -2.52. The van der Waals surface area contributed by atoms with Crippen molar-refractivity contribution in [1.82, 2.24) is 9.80 Å². The quantitative estimate of drug-likeness (QED) is 0.777. The Bertz CT molecular complexity index is 357. The van der Waals surface area contributed by atoms with Gasteiger partial charge in [0, 0.05) is 25.0 Å². The van der Waals surface area contributed by atoms with Gasteiger partial charge in [0.15, 0.2) is 0 Å². The normalized spacial score (nSPS) is 20.2. The molecule has 0 aromatic heterocycles. The lowest BCUT2D eigenvalue weighted by atomic mass is 9.88. The largest absolute Gasteiger partial charge is 0.480 e. The zero-order valence-corrected chi connectivity index (χ0v) is 12.9. The van der Waals surface area contributed by atoms with E-state index in [9.17, 15) is 9.59 Å². The number of nitrogens with zero attached hydrogens (tertiary/aromatic N) is 2. The summed E-state index contributed by atoms with van der Waals surface area (Å²) in [6.07, 6.45) is 0.678. The molecule has 0 saturated carbocycles. The van der Waals surface area contributed by atoms with Crippen molar-refractivity contribution in [3.8, 4) is 0 Å². The smallest absolute Gasteiger partial charge is 0.317 e. The average Bonchev–Trinajstić information content (AvgIpc) is 2.37. The van der Waals surface area contributed by atoms with Crippen LogP contribution in [0.25, 0.3) is 0 Å². The number of carbonyl (C=O) groups excluding carboxylic acids is 1. The first-order valence-electron chi connectivity index (χ1n) is 7.07. The number of carboxylic acids is 1. The first-order chi connectivity index (χ1) is 9.26. The molecule has 116 valence electrons. The van der Waals surface area contributed by atoms with Gasteiger partial charge in [0.1, 0.15) is 0 Å². The van der Waals surface area contributed by atoms with E-state index in [1.165, 1.54) is 0 Å². The predicted molar refractivity (Wildman–Crippen MR) is 75.5 cm³/mol. The van der Waals surface area contributed by atoms with Gasteiger partial charge in [0.05, 0.1) is 19.3 Å². The molecular formula is C14H26N2O4. The molecule has 1 unspecified atom stereocenters. The maximum Gasteiger partial charge on any atom is 0.317 e. The van der Waals surface area contributed by atoms with E-state index >= 15 is 0 Å². The summed E-state index contributed by atoms with van der Waals surface area (Å²) >= 11 is 0. The summed E-state index contributed by atoms with van der Waals surface area (Å²) in [6.45, 7) is 8.07. The fraction of sp³-hybridized carbons (Fsp3) is 0.857. The fourth-order valence-electron chi connectivity index (χ4n) is 2.24. The number of rotatable bonds is 6. The highest BCUT2D eigenvalue weighted by atomic mass is 16.5. The number of ether oxygens (including phenoxy) is 1. The summed E-state index contributed by atoms with van der Waals surface area (Å²) in [5, 5.41) is 8.75. The number of morpholine rings is 1. The summed E-state index contributed by atoms with van der Waals surface area (Å²) in [6, 6.07) is 0. The van der Waals surface area contributed by atoms with Gasteiger partial charge >= 0.3 is 5.97 Å². The standard InChI is InChI=1S/C14H26N2O4/c1-5-14(2,3)13(19)16-6-7-20-11(9-16)8-15(4)10-12(17)18/h11H,5-10H2,1-4H3,(H,17,18). The second-order valence-corrected chi connectivity index (χ2v) is 6.07. The fourth-order valence-corrected chi connectivity index (χ4v) is 2.24. The molecule has 1 N–H and O–H groups in total. The van der Waals surface area contributed by atoms with Crippen LogP contribution in [0.4, 0.5) is 0 Å². The molecule has 0 aliphatic carbocycles. The number of amides is 1. The summed E-state index contributed by atoms with van der Waals surface area (Å²) in [5.74, 6) is -0.711. The van der Waals surface area contributed by atoms with Crippen molar-refractivity contribution < 1.29 is 19.4 Å². The van der Waals surface area contributed by atoms with Crippen LogP contribution in [-0.2, 0) is 14.3 Å². The zero-order valence-electron chi connectivity index (χ0n) is 12.9. The Labute approximate surface area is 120 Å². The Balaban J connectivity index is 2.54. The number of carboxylic acid groups (broad SMARTS) is 1. The van der Waals surface area contributed by atoms with Crippen LogP contribution in [0.3, 0.4) is 0 Å². The van der Waals surface area contributed by atoms with Gasteiger partial charge in [-0.15, -0.1) is 0 Å². The molecule has 0 aromatic rings. The summed E-state index contributed by atoms with van der Waals surface area (Å²) in [7, 11) is 1.74. The van der Waals surface area contributed by atoms with E-state index in [2.05, 4.69) is 0 Å². The average molecular weight is 286 g/mol. The zero-order chi connectivity index (χ0) is 15.3. The topological polar surface area (TPSA) is 70.1 Å². The van der Waals surface area contributed by atoms with E-state index in [-0.39, 0.29) is 24.0 Å². The molecule has 20 heavy (non-hydrogen) atoms. The second-order valence-electron chi connectivity index (χ2n) is 6.07. The van der Waals surface area contributed by atoms with Crippen LogP contribution in [0.2, 0.25) is 0 Å². The van der Waals surface area contributed by atoms with Crippen molar-refractivity contribution in [3.05, 3.63) is 0 Å². The van der Waals surface area contributed by atoms with E-state index in [4.69, 9.17) is 9.84 Å². The molecule has 1 heterocycles. The molecule has 0 aromatic carbocycles. The lowest BCUT2D eigenvalue weighted by Gasteiger charge is -2.38. The molecule has 0 spiro atoms. The van der Waals surface area contributed by atoms with E-state index in [0.29, 0.717) is 26.2 Å². The Hall–Kier alpha value is -1.14. The van der Waals surface area contributed by atoms with Crippen LogP contribution in [0.1, 0.15) is 27.2 Å². The van der Waals surface area contributed by atoms with Crippen molar-refractivity contribution >= 4 is 11.9 Å². The van der Waals surface area contributed by atoms with Crippen molar-refractivity contribution in [2.75, 3.05) is 39.8 Å². The molecule has 0 radical (unpaired) electrons. The molecule has 1 aliphatic rings. The van der Waals surface area contributed by atoms with E-state index in [0.717, 1.165) is 6.42 Å². The maximum absolute atomic E-state index is 12.4. The predicted octanol–water partition coefficient (Wildman–Crippen LogP) is 0.666. The van der Waals surface area contributed by atoms with Crippen molar-refractivity contribution in [2.45, 2.75) is 33.3 Å². The molecule has 1 rings (SSSR count). The minimum atomic E-state index is -0.858. The number of hydrogen-bond acceptors (Lipinski definition) is 4. The van der Waals surface area contributed by atoms with Crippen molar-refractivity contribution in [2.24, 2.45) is 5.41 Å².